The zero-order valence-electron chi connectivity index (χ0n) is 13.9. The summed E-state index contributed by atoms with van der Waals surface area (Å²) in [5.74, 6) is -0.247. The molecule has 1 aromatic heterocycles. The van der Waals surface area contributed by atoms with E-state index in [2.05, 4.69) is 0 Å². The number of fused-ring (bicyclic) bond motifs is 2. The van der Waals surface area contributed by atoms with Gasteiger partial charge in [-0.05, 0) is 30.2 Å². The lowest BCUT2D eigenvalue weighted by Gasteiger charge is -2.29. The minimum absolute atomic E-state index is 0.0331. The number of benzene rings is 2. The van der Waals surface area contributed by atoms with Gasteiger partial charge in [0.25, 0.3) is 0 Å². The molecule has 2 heterocycles. The maximum atomic E-state index is 12.6. The number of carbonyl (C=O) groups excluding carboxylic acids is 1. The third-order valence-electron chi connectivity index (χ3n) is 4.77. The number of hydrogen-bond donors (Lipinski definition) is 1. The van der Waals surface area contributed by atoms with E-state index in [0.717, 1.165) is 11.1 Å². The maximum absolute atomic E-state index is 12.6. The highest BCUT2D eigenvalue weighted by molar-refractivity contribution is 6.31. The number of rotatable bonds is 3. The Labute approximate surface area is 154 Å². The molecule has 0 radical (unpaired) electrons. The van der Waals surface area contributed by atoms with E-state index in [9.17, 15) is 14.7 Å². The molecule has 0 spiro atoms. The first-order valence-corrected chi connectivity index (χ1v) is 8.77. The summed E-state index contributed by atoms with van der Waals surface area (Å²) < 4.78 is 6.64. The molecule has 1 N–H and O–H groups in total. The van der Waals surface area contributed by atoms with Crippen LogP contribution in [0.5, 0.6) is 5.75 Å². The number of phenolic OH excluding ortho intramolecular Hbond substituents is 1. The second-order valence-electron chi connectivity index (χ2n) is 6.36. The summed E-state index contributed by atoms with van der Waals surface area (Å²) >= 11 is 5.91. The normalized spacial score (nSPS) is 13.8. The van der Waals surface area contributed by atoms with Crippen LogP contribution in [-0.4, -0.2) is 27.0 Å². The molecule has 0 aliphatic carbocycles. The van der Waals surface area contributed by atoms with E-state index in [0.29, 0.717) is 35.6 Å². The van der Waals surface area contributed by atoms with Gasteiger partial charge in [0.15, 0.2) is 5.58 Å². The van der Waals surface area contributed by atoms with Crippen molar-refractivity contribution >= 4 is 28.6 Å². The van der Waals surface area contributed by atoms with E-state index < -0.39 is 5.76 Å². The van der Waals surface area contributed by atoms with Crippen LogP contribution < -0.4 is 5.76 Å². The molecule has 7 heteroatoms. The SMILES string of the molecule is O=C(CCn1c(=O)oc2cc(Cl)ccc21)N1CCc2c(O)cccc2C1. The predicted octanol–water partition coefficient (Wildman–Crippen LogP) is 2.93. The zero-order chi connectivity index (χ0) is 18.3. The number of phenols is 1. The molecule has 2 aromatic carbocycles. The van der Waals surface area contributed by atoms with Gasteiger partial charge in [0.2, 0.25) is 5.91 Å². The van der Waals surface area contributed by atoms with E-state index in [1.54, 1.807) is 35.2 Å². The number of nitrogens with zero attached hydrogens (tertiary/aromatic N) is 2. The van der Waals surface area contributed by atoms with Gasteiger partial charge in [0, 0.05) is 42.7 Å². The zero-order valence-corrected chi connectivity index (χ0v) is 14.7. The van der Waals surface area contributed by atoms with Crippen molar-refractivity contribution in [1.82, 2.24) is 9.47 Å². The largest absolute Gasteiger partial charge is 0.508 e. The molecular formula is C19H17ClN2O4. The lowest BCUT2D eigenvalue weighted by atomic mass is 9.98. The van der Waals surface area contributed by atoms with Gasteiger partial charge < -0.3 is 14.4 Å². The van der Waals surface area contributed by atoms with Crippen LogP contribution in [0.15, 0.2) is 45.6 Å². The van der Waals surface area contributed by atoms with Crippen molar-refractivity contribution in [2.45, 2.75) is 25.9 Å². The number of halogens is 1. The Morgan fingerprint density at radius 1 is 1.27 bits per heavy atom. The fourth-order valence-electron chi connectivity index (χ4n) is 3.42. The molecule has 1 aliphatic rings. The van der Waals surface area contributed by atoms with Crippen LogP contribution in [0.3, 0.4) is 0 Å². The molecule has 0 bridgehead atoms. The van der Waals surface area contributed by atoms with Gasteiger partial charge in [-0.1, -0.05) is 23.7 Å². The molecule has 134 valence electrons. The first-order valence-electron chi connectivity index (χ1n) is 8.39. The molecule has 3 aromatic rings. The number of aromatic hydroxyl groups is 1. The van der Waals surface area contributed by atoms with Crippen LogP contribution in [-0.2, 0) is 24.3 Å². The molecule has 1 amide bonds. The Hall–Kier alpha value is -2.73. The first kappa shape index (κ1) is 16.7. The fraction of sp³-hybridized carbons (Fsp3) is 0.263. The van der Waals surface area contributed by atoms with E-state index in [-0.39, 0.29) is 24.6 Å². The molecule has 4 rings (SSSR count). The van der Waals surface area contributed by atoms with Crippen LogP contribution in [0.1, 0.15) is 17.5 Å². The standard InChI is InChI=1S/C19H17ClN2O4/c20-13-4-5-15-17(10-13)26-19(25)22(15)9-7-18(24)21-8-6-14-12(11-21)2-1-3-16(14)23/h1-5,10,23H,6-9,11H2. The highest BCUT2D eigenvalue weighted by Crippen LogP contribution is 2.27. The van der Waals surface area contributed by atoms with Crippen molar-refractivity contribution in [3.8, 4) is 5.75 Å². The summed E-state index contributed by atoms with van der Waals surface area (Å²) in [5, 5.41) is 10.4. The van der Waals surface area contributed by atoms with Crippen molar-refractivity contribution in [3.05, 3.63) is 63.1 Å². The number of oxazole rings is 1. The summed E-state index contributed by atoms with van der Waals surface area (Å²) in [6.45, 7) is 1.27. The number of amides is 1. The van der Waals surface area contributed by atoms with Gasteiger partial charge >= 0.3 is 5.76 Å². The smallest absolute Gasteiger partial charge is 0.419 e. The highest BCUT2D eigenvalue weighted by atomic mass is 35.5. The number of aryl methyl sites for hydroxylation is 1. The maximum Gasteiger partial charge on any atom is 0.419 e. The van der Waals surface area contributed by atoms with E-state index >= 15 is 0 Å². The Morgan fingerprint density at radius 2 is 2.12 bits per heavy atom. The predicted molar refractivity (Wildman–Crippen MR) is 97.3 cm³/mol. The highest BCUT2D eigenvalue weighted by Gasteiger charge is 2.22. The average Bonchev–Trinajstić information content (AvgIpc) is 2.93. The Balaban J connectivity index is 1.48. The van der Waals surface area contributed by atoms with Gasteiger partial charge in [0.05, 0.1) is 5.52 Å². The van der Waals surface area contributed by atoms with E-state index in [1.807, 2.05) is 6.07 Å². The Bertz CT molecular complexity index is 1050. The molecule has 1 aliphatic heterocycles. The Kier molecular flexibility index (Phi) is 4.20. The topological polar surface area (TPSA) is 75.7 Å². The average molecular weight is 373 g/mol. The lowest BCUT2D eigenvalue weighted by molar-refractivity contribution is -0.132. The monoisotopic (exact) mass is 372 g/mol. The van der Waals surface area contributed by atoms with E-state index in [4.69, 9.17) is 16.0 Å². The van der Waals surface area contributed by atoms with Gasteiger partial charge in [-0.25, -0.2) is 4.79 Å². The quantitative estimate of drug-likeness (QED) is 0.767. The minimum atomic E-state index is -0.496. The van der Waals surface area contributed by atoms with Gasteiger partial charge in [0.1, 0.15) is 5.75 Å². The summed E-state index contributed by atoms with van der Waals surface area (Å²) in [6.07, 6.45) is 0.826. The summed E-state index contributed by atoms with van der Waals surface area (Å²) in [7, 11) is 0. The molecular weight excluding hydrogens is 356 g/mol. The lowest BCUT2D eigenvalue weighted by Crippen LogP contribution is -2.36. The number of hydrogen-bond acceptors (Lipinski definition) is 4. The van der Waals surface area contributed by atoms with Crippen molar-refractivity contribution in [2.24, 2.45) is 0 Å². The Morgan fingerprint density at radius 3 is 2.96 bits per heavy atom. The third-order valence-corrected chi connectivity index (χ3v) is 5.01. The van der Waals surface area contributed by atoms with Crippen LogP contribution in [0.4, 0.5) is 0 Å². The summed E-state index contributed by atoms with van der Waals surface area (Å²) in [6, 6.07) is 10.4. The van der Waals surface area contributed by atoms with Gasteiger partial charge in [-0.2, -0.15) is 0 Å². The first-order chi connectivity index (χ1) is 12.5. The van der Waals surface area contributed by atoms with Gasteiger partial charge in [-0.15, -0.1) is 0 Å². The minimum Gasteiger partial charge on any atom is -0.508 e. The molecule has 0 fully saturated rings. The van der Waals surface area contributed by atoms with Crippen molar-refractivity contribution in [2.75, 3.05) is 6.54 Å². The second kappa shape index (κ2) is 6.53. The summed E-state index contributed by atoms with van der Waals surface area (Å²) in [4.78, 5) is 26.4. The fourth-order valence-corrected chi connectivity index (χ4v) is 3.58. The molecule has 0 saturated carbocycles. The van der Waals surface area contributed by atoms with Crippen LogP contribution >= 0.6 is 11.6 Å². The molecule has 0 saturated heterocycles. The third kappa shape index (κ3) is 2.97. The van der Waals surface area contributed by atoms with Crippen LogP contribution in [0.25, 0.3) is 11.1 Å². The van der Waals surface area contributed by atoms with Crippen molar-refractivity contribution < 1.29 is 14.3 Å². The molecule has 26 heavy (non-hydrogen) atoms. The van der Waals surface area contributed by atoms with Crippen molar-refractivity contribution in [1.29, 1.82) is 0 Å². The number of aromatic nitrogens is 1. The van der Waals surface area contributed by atoms with Crippen LogP contribution in [0.2, 0.25) is 5.02 Å². The summed E-state index contributed by atoms with van der Waals surface area (Å²) in [5.41, 5.74) is 2.91. The molecule has 0 atom stereocenters. The van der Waals surface area contributed by atoms with Crippen LogP contribution in [0, 0.1) is 0 Å². The molecule has 0 unspecified atom stereocenters. The second-order valence-corrected chi connectivity index (χ2v) is 6.80. The van der Waals surface area contributed by atoms with Gasteiger partial charge in [-0.3, -0.25) is 9.36 Å². The molecule has 6 nitrogen and oxygen atoms in total. The van der Waals surface area contributed by atoms with E-state index in [1.165, 1.54) is 4.57 Å². The van der Waals surface area contributed by atoms with Crippen molar-refractivity contribution in [3.63, 3.8) is 0 Å². The number of carbonyl (C=O) groups is 1.